The minimum Gasteiger partial charge on any atom is -0.496 e. The van der Waals surface area contributed by atoms with Crippen LogP contribution in [-0.2, 0) is 6.42 Å². The lowest BCUT2D eigenvalue weighted by molar-refractivity contribution is 0.411. The van der Waals surface area contributed by atoms with E-state index >= 15 is 0 Å². The van der Waals surface area contributed by atoms with Crippen LogP contribution in [0.1, 0.15) is 11.1 Å². The first-order valence-electron chi connectivity index (χ1n) is 6.56. The monoisotopic (exact) mass is 334 g/mol. The number of methoxy groups -OCH3 is 1. The number of hydrogen-bond acceptors (Lipinski definition) is 3. The molecule has 0 aliphatic heterocycles. The van der Waals surface area contributed by atoms with E-state index in [9.17, 15) is 0 Å². The molecule has 0 aliphatic carbocycles. The van der Waals surface area contributed by atoms with E-state index in [4.69, 9.17) is 4.74 Å². The van der Waals surface area contributed by atoms with Gasteiger partial charge in [-0.15, -0.1) is 0 Å². The van der Waals surface area contributed by atoms with Crippen LogP contribution in [0.5, 0.6) is 5.75 Å². The van der Waals surface area contributed by atoms with Crippen molar-refractivity contribution in [2.75, 3.05) is 25.6 Å². The Morgan fingerprint density at radius 2 is 2.05 bits per heavy atom. The third-order valence-electron chi connectivity index (χ3n) is 3.30. The molecule has 0 saturated heterocycles. The van der Waals surface area contributed by atoms with Crippen LogP contribution >= 0.6 is 15.9 Å². The van der Waals surface area contributed by atoms with E-state index < -0.39 is 0 Å². The van der Waals surface area contributed by atoms with Crippen LogP contribution in [0, 0.1) is 6.92 Å². The maximum absolute atomic E-state index is 5.28. The summed E-state index contributed by atoms with van der Waals surface area (Å²) >= 11 is 3.40. The molecule has 4 heteroatoms. The fraction of sp³-hybridized carbons (Fsp3) is 0.312. The maximum Gasteiger partial charge on any atom is 0.128 e. The van der Waals surface area contributed by atoms with Gasteiger partial charge in [-0.25, -0.2) is 4.98 Å². The van der Waals surface area contributed by atoms with Crippen molar-refractivity contribution >= 4 is 21.7 Å². The molecule has 2 rings (SSSR count). The molecule has 106 valence electrons. The quantitative estimate of drug-likeness (QED) is 0.830. The van der Waals surface area contributed by atoms with Crippen molar-refractivity contribution in [2.45, 2.75) is 13.3 Å². The number of benzene rings is 1. The van der Waals surface area contributed by atoms with Gasteiger partial charge in [0.1, 0.15) is 11.6 Å². The second-order valence-electron chi connectivity index (χ2n) is 4.81. The van der Waals surface area contributed by atoms with Gasteiger partial charge in [0.05, 0.1) is 7.11 Å². The topological polar surface area (TPSA) is 25.4 Å². The summed E-state index contributed by atoms with van der Waals surface area (Å²) in [5.41, 5.74) is 2.49. The Morgan fingerprint density at radius 3 is 2.65 bits per heavy atom. The summed E-state index contributed by atoms with van der Waals surface area (Å²) in [4.78, 5) is 6.55. The van der Waals surface area contributed by atoms with E-state index in [0.717, 1.165) is 29.0 Å². The van der Waals surface area contributed by atoms with Crippen LogP contribution in [0.2, 0.25) is 0 Å². The van der Waals surface area contributed by atoms with Crippen molar-refractivity contribution < 1.29 is 4.74 Å². The SMILES string of the molecule is COc1ccc(CCN(C)c2ccc(Br)cn2)cc1C. The van der Waals surface area contributed by atoms with E-state index in [1.807, 2.05) is 24.4 Å². The first-order chi connectivity index (χ1) is 9.60. The molecule has 3 nitrogen and oxygen atoms in total. The zero-order valence-electron chi connectivity index (χ0n) is 12.1. The number of rotatable bonds is 5. The molecule has 0 aliphatic rings. The number of halogens is 1. The van der Waals surface area contributed by atoms with Crippen LogP contribution < -0.4 is 9.64 Å². The molecule has 0 spiro atoms. The number of anilines is 1. The second kappa shape index (κ2) is 6.75. The van der Waals surface area contributed by atoms with Gasteiger partial charge in [-0.1, -0.05) is 12.1 Å². The molecule has 0 bridgehead atoms. The van der Waals surface area contributed by atoms with Crippen molar-refractivity contribution in [2.24, 2.45) is 0 Å². The van der Waals surface area contributed by atoms with Gasteiger partial charge in [0.2, 0.25) is 0 Å². The van der Waals surface area contributed by atoms with E-state index in [1.165, 1.54) is 11.1 Å². The lowest BCUT2D eigenvalue weighted by Gasteiger charge is -2.18. The van der Waals surface area contributed by atoms with Gasteiger partial charge in [-0.3, -0.25) is 0 Å². The third-order valence-corrected chi connectivity index (χ3v) is 3.77. The summed E-state index contributed by atoms with van der Waals surface area (Å²) in [5, 5.41) is 0. The summed E-state index contributed by atoms with van der Waals surface area (Å²) in [6.45, 7) is 3.00. The predicted molar refractivity (Wildman–Crippen MR) is 86.6 cm³/mol. The molecular formula is C16H19BrN2O. The molecule has 0 fully saturated rings. The summed E-state index contributed by atoms with van der Waals surface area (Å²) in [5.74, 6) is 1.93. The lowest BCUT2D eigenvalue weighted by atomic mass is 10.1. The first kappa shape index (κ1) is 14.9. The van der Waals surface area contributed by atoms with Crippen LogP contribution in [0.25, 0.3) is 0 Å². The van der Waals surface area contributed by atoms with Gasteiger partial charge in [0, 0.05) is 24.3 Å². The van der Waals surface area contributed by atoms with Gasteiger partial charge in [0.25, 0.3) is 0 Å². The molecule has 20 heavy (non-hydrogen) atoms. The molecule has 0 N–H and O–H groups in total. The Balaban J connectivity index is 1.97. The second-order valence-corrected chi connectivity index (χ2v) is 5.73. The number of nitrogens with zero attached hydrogens (tertiary/aromatic N) is 2. The van der Waals surface area contributed by atoms with E-state index in [-0.39, 0.29) is 0 Å². The molecule has 0 saturated carbocycles. The average molecular weight is 335 g/mol. The number of pyridine rings is 1. The zero-order valence-corrected chi connectivity index (χ0v) is 13.6. The summed E-state index contributed by atoms with van der Waals surface area (Å²) in [6.07, 6.45) is 2.81. The van der Waals surface area contributed by atoms with Crippen LogP contribution in [0.4, 0.5) is 5.82 Å². The first-order valence-corrected chi connectivity index (χ1v) is 7.35. The molecule has 0 radical (unpaired) electrons. The van der Waals surface area contributed by atoms with E-state index in [1.54, 1.807) is 7.11 Å². The third kappa shape index (κ3) is 3.73. The van der Waals surface area contributed by atoms with Crippen LogP contribution in [0.3, 0.4) is 0 Å². The highest BCUT2D eigenvalue weighted by Gasteiger charge is 2.04. The largest absolute Gasteiger partial charge is 0.496 e. The number of aryl methyl sites for hydroxylation is 1. The molecule has 1 aromatic carbocycles. The van der Waals surface area contributed by atoms with Crippen molar-refractivity contribution in [3.63, 3.8) is 0 Å². The average Bonchev–Trinajstić information content (AvgIpc) is 2.45. The van der Waals surface area contributed by atoms with Crippen molar-refractivity contribution in [3.8, 4) is 5.75 Å². The highest BCUT2D eigenvalue weighted by molar-refractivity contribution is 9.10. The molecule has 1 aromatic heterocycles. The summed E-state index contributed by atoms with van der Waals surface area (Å²) < 4.78 is 6.28. The number of ether oxygens (including phenoxy) is 1. The van der Waals surface area contributed by atoms with E-state index in [2.05, 4.69) is 51.9 Å². The minimum atomic E-state index is 0.931. The predicted octanol–water partition coefficient (Wildman–Crippen LogP) is 3.84. The summed E-state index contributed by atoms with van der Waals surface area (Å²) in [7, 11) is 3.77. The molecule has 0 amide bonds. The van der Waals surface area contributed by atoms with Crippen LogP contribution in [0.15, 0.2) is 41.0 Å². The lowest BCUT2D eigenvalue weighted by Crippen LogP contribution is -2.21. The maximum atomic E-state index is 5.28. The number of aromatic nitrogens is 1. The Labute approximate surface area is 128 Å². The van der Waals surface area contributed by atoms with Crippen LogP contribution in [-0.4, -0.2) is 25.7 Å². The fourth-order valence-corrected chi connectivity index (χ4v) is 2.34. The van der Waals surface area contributed by atoms with Gasteiger partial charge < -0.3 is 9.64 Å². The number of hydrogen-bond donors (Lipinski definition) is 0. The fourth-order valence-electron chi connectivity index (χ4n) is 2.10. The standard InChI is InChI=1S/C16H19BrN2O/c1-12-10-13(4-6-15(12)20-3)8-9-19(2)16-7-5-14(17)11-18-16/h4-7,10-11H,8-9H2,1-3H3. The van der Waals surface area contributed by atoms with Crippen molar-refractivity contribution in [1.29, 1.82) is 0 Å². The van der Waals surface area contributed by atoms with Gasteiger partial charge in [-0.2, -0.15) is 0 Å². The summed E-state index contributed by atoms with van der Waals surface area (Å²) in [6, 6.07) is 10.4. The van der Waals surface area contributed by atoms with Gasteiger partial charge in [-0.05, 0) is 58.6 Å². The normalized spacial score (nSPS) is 10.4. The minimum absolute atomic E-state index is 0.931. The van der Waals surface area contributed by atoms with Gasteiger partial charge >= 0.3 is 0 Å². The Morgan fingerprint density at radius 1 is 1.25 bits per heavy atom. The zero-order chi connectivity index (χ0) is 14.5. The van der Waals surface area contributed by atoms with Crippen molar-refractivity contribution in [1.82, 2.24) is 4.98 Å². The smallest absolute Gasteiger partial charge is 0.128 e. The van der Waals surface area contributed by atoms with E-state index in [0.29, 0.717) is 0 Å². The molecule has 2 aromatic rings. The molecule has 0 unspecified atom stereocenters. The Kier molecular flexibility index (Phi) is 5.01. The van der Waals surface area contributed by atoms with Gasteiger partial charge in [0.15, 0.2) is 0 Å². The van der Waals surface area contributed by atoms with Crippen molar-refractivity contribution in [3.05, 3.63) is 52.1 Å². The molecule has 1 heterocycles. The highest BCUT2D eigenvalue weighted by atomic mass is 79.9. The Hall–Kier alpha value is -1.55. The molecule has 0 atom stereocenters. The Bertz CT molecular complexity index is 569. The molecular weight excluding hydrogens is 316 g/mol. The number of likely N-dealkylation sites (N-methyl/N-ethyl adjacent to an activating group) is 1. The highest BCUT2D eigenvalue weighted by Crippen LogP contribution is 2.19.